The van der Waals surface area contributed by atoms with Crippen LogP contribution >= 0.6 is 11.8 Å². The highest BCUT2D eigenvalue weighted by atomic mass is 32.2. The second kappa shape index (κ2) is 7.54. The minimum absolute atomic E-state index is 0.0219. The zero-order chi connectivity index (χ0) is 16.1. The smallest absolute Gasteiger partial charge is 0.282 e. The molecule has 0 saturated carbocycles. The molecule has 120 valence electrons. The van der Waals surface area contributed by atoms with Gasteiger partial charge in [-0.15, -0.1) is 0 Å². The minimum Gasteiger partial charge on any atom is -0.491 e. The zero-order valence-electron chi connectivity index (χ0n) is 13.2. The summed E-state index contributed by atoms with van der Waals surface area (Å²) in [6, 6.07) is 7.51. The Kier molecular flexibility index (Phi) is 5.71. The van der Waals surface area contributed by atoms with Crippen LogP contribution in [0.2, 0.25) is 0 Å². The first-order valence-corrected chi connectivity index (χ1v) is 8.42. The Morgan fingerprint density at radius 3 is 2.73 bits per heavy atom. The van der Waals surface area contributed by atoms with Crippen molar-refractivity contribution in [2.75, 3.05) is 18.8 Å². The highest BCUT2D eigenvalue weighted by Gasteiger charge is 2.24. The van der Waals surface area contributed by atoms with Crippen LogP contribution in [-0.4, -0.2) is 41.0 Å². The number of amides is 2. The van der Waals surface area contributed by atoms with Crippen LogP contribution < -0.4 is 10.1 Å². The van der Waals surface area contributed by atoms with Gasteiger partial charge in [-0.05, 0) is 26.8 Å². The molecule has 1 saturated heterocycles. The molecule has 0 bridgehead atoms. The maximum Gasteiger partial charge on any atom is 0.282 e. The van der Waals surface area contributed by atoms with Crippen molar-refractivity contribution >= 4 is 22.9 Å². The maximum atomic E-state index is 12.1. The lowest BCUT2D eigenvalue weighted by Crippen LogP contribution is -2.38. The first-order chi connectivity index (χ1) is 10.5. The van der Waals surface area contributed by atoms with Crippen molar-refractivity contribution in [2.24, 2.45) is 0 Å². The zero-order valence-corrected chi connectivity index (χ0v) is 14.0. The van der Waals surface area contributed by atoms with Crippen molar-refractivity contribution in [3.8, 4) is 5.75 Å². The molecule has 0 aromatic heterocycles. The van der Waals surface area contributed by atoms with Gasteiger partial charge in [-0.25, -0.2) is 0 Å². The predicted molar refractivity (Wildman–Crippen MR) is 88.2 cm³/mol. The molecular weight excluding hydrogens is 300 g/mol. The lowest BCUT2D eigenvalue weighted by Gasteiger charge is -2.21. The average molecular weight is 322 g/mol. The number of carbonyl (C=O) groups is 2. The molecule has 2 rings (SSSR count). The maximum absolute atomic E-state index is 12.1. The third kappa shape index (κ3) is 4.40. The number of benzene rings is 1. The van der Waals surface area contributed by atoms with Crippen LogP contribution in [0.5, 0.6) is 5.75 Å². The molecule has 1 aromatic carbocycles. The van der Waals surface area contributed by atoms with Crippen LogP contribution in [0.4, 0.5) is 4.79 Å². The van der Waals surface area contributed by atoms with Crippen molar-refractivity contribution in [1.29, 1.82) is 0 Å². The summed E-state index contributed by atoms with van der Waals surface area (Å²) in [4.78, 5) is 25.2. The molecule has 0 spiro atoms. The van der Waals surface area contributed by atoms with Crippen molar-refractivity contribution in [2.45, 2.75) is 32.9 Å². The fraction of sp³-hybridized carbons (Fsp3) is 0.500. The number of hydrogen-bond acceptors (Lipinski definition) is 4. The fourth-order valence-corrected chi connectivity index (χ4v) is 3.13. The van der Waals surface area contributed by atoms with Gasteiger partial charge in [0.05, 0.1) is 12.1 Å². The largest absolute Gasteiger partial charge is 0.491 e. The van der Waals surface area contributed by atoms with E-state index < -0.39 is 0 Å². The third-order valence-electron chi connectivity index (χ3n) is 3.31. The number of nitrogens with zero attached hydrogens (tertiary/aromatic N) is 1. The van der Waals surface area contributed by atoms with Crippen LogP contribution in [0.3, 0.4) is 0 Å². The summed E-state index contributed by atoms with van der Waals surface area (Å²) in [7, 11) is 0. The second-order valence-electron chi connectivity index (χ2n) is 5.53. The summed E-state index contributed by atoms with van der Waals surface area (Å²) in [6.45, 7) is 6.61. The lowest BCUT2D eigenvalue weighted by atomic mass is 10.1. The van der Waals surface area contributed by atoms with Gasteiger partial charge < -0.3 is 15.0 Å². The van der Waals surface area contributed by atoms with Crippen molar-refractivity contribution in [3.05, 3.63) is 29.8 Å². The number of hydrogen-bond donors (Lipinski definition) is 1. The number of thioether (sulfide) groups is 1. The van der Waals surface area contributed by atoms with Gasteiger partial charge in [0, 0.05) is 17.9 Å². The number of nitrogens with one attached hydrogen (secondary N) is 1. The topological polar surface area (TPSA) is 58.6 Å². The molecule has 1 fully saturated rings. The summed E-state index contributed by atoms with van der Waals surface area (Å²) in [6.07, 6.45) is 0.0725. The van der Waals surface area contributed by atoms with Crippen molar-refractivity contribution < 1.29 is 14.3 Å². The Morgan fingerprint density at radius 2 is 2.09 bits per heavy atom. The molecule has 1 aliphatic rings. The Hall–Kier alpha value is -1.69. The van der Waals surface area contributed by atoms with Crippen molar-refractivity contribution in [1.82, 2.24) is 10.2 Å². The normalized spacial score (nSPS) is 16.0. The average Bonchev–Trinajstić information content (AvgIpc) is 2.84. The van der Waals surface area contributed by atoms with Gasteiger partial charge >= 0.3 is 0 Å². The van der Waals surface area contributed by atoms with E-state index in [1.165, 1.54) is 11.8 Å². The molecule has 6 heteroatoms. The number of carbonyl (C=O) groups excluding carboxylic acids is 2. The van der Waals surface area contributed by atoms with E-state index in [0.29, 0.717) is 6.54 Å². The van der Waals surface area contributed by atoms with Crippen LogP contribution in [-0.2, 0) is 4.79 Å². The molecule has 5 nitrogen and oxygen atoms in total. The van der Waals surface area contributed by atoms with E-state index in [1.54, 1.807) is 4.90 Å². The molecule has 1 heterocycles. The first kappa shape index (κ1) is 16.7. The fourth-order valence-electron chi connectivity index (χ4n) is 2.31. The monoisotopic (exact) mass is 322 g/mol. The molecule has 1 aliphatic heterocycles. The third-order valence-corrected chi connectivity index (χ3v) is 4.20. The molecule has 0 unspecified atom stereocenters. The van der Waals surface area contributed by atoms with Crippen LogP contribution in [0.25, 0.3) is 0 Å². The summed E-state index contributed by atoms with van der Waals surface area (Å²) < 4.78 is 5.78. The number of para-hydroxylation sites is 1. The summed E-state index contributed by atoms with van der Waals surface area (Å²) in [5.74, 6) is 1.38. The van der Waals surface area contributed by atoms with E-state index in [1.807, 2.05) is 45.0 Å². The molecule has 1 atom stereocenters. The summed E-state index contributed by atoms with van der Waals surface area (Å²) in [5, 5.41) is 2.91. The van der Waals surface area contributed by atoms with Gasteiger partial charge in [-0.1, -0.05) is 30.0 Å². The van der Waals surface area contributed by atoms with Gasteiger partial charge in [0.15, 0.2) is 0 Å². The van der Waals surface area contributed by atoms with Crippen LogP contribution in [0.1, 0.15) is 32.4 Å². The van der Waals surface area contributed by atoms with Crippen molar-refractivity contribution in [3.63, 3.8) is 0 Å². The van der Waals surface area contributed by atoms with E-state index in [9.17, 15) is 9.59 Å². The van der Waals surface area contributed by atoms with E-state index in [4.69, 9.17) is 4.74 Å². The molecule has 0 radical (unpaired) electrons. The predicted octanol–water partition coefficient (Wildman–Crippen LogP) is 2.82. The molecule has 1 N–H and O–H groups in total. The van der Waals surface area contributed by atoms with Gasteiger partial charge in [-0.3, -0.25) is 9.59 Å². The number of rotatable bonds is 6. The lowest BCUT2D eigenvalue weighted by molar-refractivity contribution is -0.122. The Morgan fingerprint density at radius 1 is 1.36 bits per heavy atom. The Balaban J connectivity index is 1.98. The van der Waals surface area contributed by atoms with Gasteiger partial charge in [0.1, 0.15) is 12.3 Å². The standard InChI is InChI=1S/C16H22N2O3S/c1-11(2)21-14-7-5-4-6-13(14)12(3)17-15(19)10-18-8-9-22-16(18)20/h4-7,11-12H,8-10H2,1-3H3,(H,17,19)/t12-/m0/s1. The van der Waals surface area contributed by atoms with Gasteiger partial charge in [-0.2, -0.15) is 0 Å². The summed E-state index contributed by atoms with van der Waals surface area (Å²) >= 11 is 1.26. The minimum atomic E-state index is -0.173. The molecule has 22 heavy (non-hydrogen) atoms. The van der Waals surface area contributed by atoms with Gasteiger partial charge in [0.25, 0.3) is 5.24 Å². The highest BCUT2D eigenvalue weighted by Crippen LogP contribution is 2.26. The Labute approximate surface area is 135 Å². The van der Waals surface area contributed by atoms with Crippen LogP contribution in [0.15, 0.2) is 24.3 Å². The molecular formula is C16H22N2O3S. The number of ether oxygens (including phenoxy) is 1. The van der Waals surface area contributed by atoms with E-state index in [0.717, 1.165) is 17.1 Å². The van der Waals surface area contributed by atoms with Crippen LogP contribution in [0, 0.1) is 0 Å². The van der Waals surface area contributed by atoms with E-state index in [-0.39, 0.29) is 29.8 Å². The molecule has 2 amide bonds. The quantitative estimate of drug-likeness (QED) is 0.875. The van der Waals surface area contributed by atoms with E-state index in [2.05, 4.69) is 5.32 Å². The Bertz CT molecular complexity index is 548. The summed E-state index contributed by atoms with van der Waals surface area (Å²) in [5.41, 5.74) is 0.937. The van der Waals surface area contributed by atoms with Gasteiger partial charge in [0.2, 0.25) is 5.91 Å². The molecule has 1 aromatic rings. The SMILES string of the molecule is CC(C)Oc1ccccc1[C@H](C)NC(=O)CN1CCSC1=O. The second-order valence-corrected chi connectivity index (χ2v) is 6.58. The first-order valence-electron chi connectivity index (χ1n) is 7.44. The molecule has 0 aliphatic carbocycles. The highest BCUT2D eigenvalue weighted by molar-refractivity contribution is 8.13. The van der Waals surface area contributed by atoms with E-state index >= 15 is 0 Å².